The Morgan fingerprint density at radius 2 is 2.20 bits per heavy atom. The fourth-order valence-electron chi connectivity index (χ4n) is 1.51. The Balaban J connectivity index is 2.15. The number of hydrogen-bond donors (Lipinski definition) is 2. The minimum absolute atomic E-state index is 0.0599. The third-order valence-electron chi connectivity index (χ3n) is 2.40. The predicted molar refractivity (Wildman–Crippen MR) is 75.6 cm³/mol. The van der Waals surface area contributed by atoms with Crippen LogP contribution in [0.25, 0.3) is 0 Å². The van der Waals surface area contributed by atoms with Crippen molar-refractivity contribution in [2.24, 2.45) is 0 Å². The van der Waals surface area contributed by atoms with Gasteiger partial charge in [-0.05, 0) is 25.1 Å². The second kappa shape index (κ2) is 6.29. The number of hydrogen-bond acceptors (Lipinski definition) is 4. The lowest BCUT2D eigenvalue weighted by atomic mass is 10.3. The van der Waals surface area contributed by atoms with E-state index < -0.39 is 11.7 Å². The molecule has 0 unspecified atom stereocenters. The quantitative estimate of drug-likeness (QED) is 0.910. The molecule has 104 valence electrons. The van der Waals surface area contributed by atoms with Gasteiger partial charge in [0, 0.05) is 12.2 Å². The maximum absolute atomic E-state index is 13.0. The van der Waals surface area contributed by atoms with Crippen LogP contribution in [0.15, 0.2) is 30.6 Å². The fourth-order valence-corrected chi connectivity index (χ4v) is 1.69. The first-order chi connectivity index (χ1) is 9.60. The number of nitrogens with one attached hydrogen (secondary N) is 2. The SMILES string of the molecule is CCNc1cncc(C(=O)Nc2ccc(F)c(Cl)c2)n1. The number of benzene rings is 1. The monoisotopic (exact) mass is 294 g/mol. The Kier molecular flexibility index (Phi) is 4.47. The van der Waals surface area contributed by atoms with Gasteiger partial charge in [-0.3, -0.25) is 9.78 Å². The van der Waals surface area contributed by atoms with Crippen LogP contribution in [-0.4, -0.2) is 22.4 Å². The van der Waals surface area contributed by atoms with Gasteiger partial charge < -0.3 is 10.6 Å². The molecule has 0 radical (unpaired) electrons. The normalized spacial score (nSPS) is 10.2. The van der Waals surface area contributed by atoms with Crippen molar-refractivity contribution >= 4 is 29.0 Å². The van der Waals surface area contributed by atoms with Crippen molar-refractivity contribution in [3.05, 3.63) is 47.1 Å². The maximum atomic E-state index is 13.0. The minimum Gasteiger partial charge on any atom is -0.369 e. The summed E-state index contributed by atoms with van der Waals surface area (Å²) in [4.78, 5) is 20.0. The molecule has 2 N–H and O–H groups in total. The maximum Gasteiger partial charge on any atom is 0.275 e. The molecule has 0 atom stereocenters. The summed E-state index contributed by atoms with van der Waals surface area (Å²) >= 11 is 5.65. The molecule has 2 aromatic rings. The summed E-state index contributed by atoms with van der Waals surface area (Å²) in [5.41, 5.74) is 0.543. The van der Waals surface area contributed by atoms with Crippen LogP contribution in [-0.2, 0) is 0 Å². The van der Waals surface area contributed by atoms with Crippen LogP contribution in [0.1, 0.15) is 17.4 Å². The number of halogens is 2. The summed E-state index contributed by atoms with van der Waals surface area (Å²) in [5.74, 6) is -0.476. The van der Waals surface area contributed by atoms with E-state index in [-0.39, 0.29) is 10.7 Å². The zero-order chi connectivity index (χ0) is 14.5. The average Bonchev–Trinajstić information content (AvgIpc) is 2.43. The molecule has 0 aliphatic heterocycles. The third-order valence-corrected chi connectivity index (χ3v) is 2.69. The molecule has 0 fully saturated rings. The molecule has 1 heterocycles. The molecular weight excluding hydrogens is 283 g/mol. The van der Waals surface area contributed by atoms with Gasteiger partial charge in [-0.15, -0.1) is 0 Å². The van der Waals surface area contributed by atoms with E-state index >= 15 is 0 Å². The summed E-state index contributed by atoms with van der Waals surface area (Å²) < 4.78 is 13.0. The van der Waals surface area contributed by atoms with E-state index in [9.17, 15) is 9.18 Å². The lowest BCUT2D eigenvalue weighted by Crippen LogP contribution is -2.15. The molecule has 5 nitrogen and oxygen atoms in total. The molecule has 0 saturated carbocycles. The minimum atomic E-state index is -0.543. The van der Waals surface area contributed by atoms with Crippen LogP contribution in [0.3, 0.4) is 0 Å². The van der Waals surface area contributed by atoms with Crippen LogP contribution < -0.4 is 10.6 Å². The van der Waals surface area contributed by atoms with Crippen molar-refractivity contribution in [2.45, 2.75) is 6.92 Å². The van der Waals surface area contributed by atoms with Crippen molar-refractivity contribution in [1.82, 2.24) is 9.97 Å². The third kappa shape index (κ3) is 3.42. The molecule has 0 saturated heterocycles. The van der Waals surface area contributed by atoms with Crippen molar-refractivity contribution in [3.8, 4) is 0 Å². The van der Waals surface area contributed by atoms with Crippen LogP contribution in [0.2, 0.25) is 5.02 Å². The van der Waals surface area contributed by atoms with Gasteiger partial charge in [-0.25, -0.2) is 9.37 Å². The first-order valence-electron chi connectivity index (χ1n) is 5.92. The average molecular weight is 295 g/mol. The zero-order valence-corrected chi connectivity index (χ0v) is 11.4. The summed E-state index contributed by atoms with van der Waals surface area (Å²) in [6.07, 6.45) is 2.87. The van der Waals surface area contributed by atoms with Crippen LogP contribution in [0, 0.1) is 5.82 Å². The molecule has 0 aliphatic rings. The topological polar surface area (TPSA) is 66.9 Å². The van der Waals surface area contributed by atoms with Gasteiger partial charge in [0.2, 0.25) is 0 Å². The fraction of sp³-hybridized carbons (Fsp3) is 0.154. The van der Waals surface area contributed by atoms with Crippen molar-refractivity contribution in [1.29, 1.82) is 0 Å². The highest BCUT2D eigenvalue weighted by Crippen LogP contribution is 2.19. The molecule has 2 rings (SSSR count). The van der Waals surface area contributed by atoms with Gasteiger partial charge >= 0.3 is 0 Å². The van der Waals surface area contributed by atoms with E-state index in [1.165, 1.54) is 30.6 Å². The summed E-state index contributed by atoms with van der Waals surface area (Å²) in [6.45, 7) is 2.59. The van der Waals surface area contributed by atoms with E-state index in [0.717, 1.165) is 0 Å². The highest BCUT2D eigenvalue weighted by molar-refractivity contribution is 6.31. The molecule has 0 bridgehead atoms. The van der Waals surface area contributed by atoms with Crippen molar-refractivity contribution in [3.63, 3.8) is 0 Å². The molecular formula is C13H12ClFN4O. The van der Waals surface area contributed by atoms with Crippen molar-refractivity contribution < 1.29 is 9.18 Å². The van der Waals surface area contributed by atoms with E-state index in [4.69, 9.17) is 11.6 Å². The van der Waals surface area contributed by atoms with E-state index in [1.807, 2.05) is 6.92 Å². The Morgan fingerprint density at radius 1 is 1.40 bits per heavy atom. The number of amides is 1. The highest BCUT2D eigenvalue weighted by atomic mass is 35.5. The number of anilines is 2. The van der Waals surface area contributed by atoms with E-state index in [2.05, 4.69) is 20.6 Å². The van der Waals surface area contributed by atoms with Gasteiger partial charge in [-0.2, -0.15) is 0 Å². The Hall–Kier alpha value is -2.21. The van der Waals surface area contributed by atoms with Gasteiger partial charge in [0.25, 0.3) is 5.91 Å². The second-order valence-corrected chi connectivity index (χ2v) is 4.31. The summed E-state index contributed by atoms with van der Waals surface area (Å²) in [6, 6.07) is 3.93. The summed E-state index contributed by atoms with van der Waals surface area (Å²) in [5, 5.41) is 5.47. The molecule has 1 amide bonds. The number of carbonyl (C=O) groups is 1. The standard InChI is InChI=1S/C13H12ClFN4O/c1-2-17-12-7-16-6-11(19-12)13(20)18-8-3-4-10(15)9(14)5-8/h3-7H,2H2,1H3,(H,17,19)(H,18,20). The van der Waals surface area contributed by atoms with Crippen molar-refractivity contribution in [2.75, 3.05) is 17.2 Å². The number of nitrogens with zero attached hydrogens (tertiary/aromatic N) is 2. The molecule has 1 aromatic heterocycles. The summed E-state index contributed by atoms with van der Waals surface area (Å²) in [7, 11) is 0. The van der Waals surface area contributed by atoms with Gasteiger partial charge in [0.15, 0.2) is 0 Å². The first-order valence-corrected chi connectivity index (χ1v) is 6.30. The van der Waals surface area contributed by atoms with Gasteiger partial charge in [-0.1, -0.05) is 11.6 Å². The first kappa shape index (κ1) is 14.2. The van der Waals surface area contributed by atoms with Crippen LogP contribution >= 0.6 is 11.6 Å². The van der Waals surface area contributed by atoms with Gasteiger partial charge in [0.1, 0.15) is 17.3 Å². The molecule has 1 aromatic carbocycles. The molecule has 7 heteroatoms. The lowest BCUT2D eigenvalue weighted by Gasteiger charge is -2.07. The zero-order valence-electron chi connectivity index (χ0n) is 10.7. The Labute approximate surface area is 120 Å². The Morgan fingerprint density at radius 3 is 2.90 bits per heavy atom. The van der Waals surface area contributed by atoms with E-state index in [0.29, 0.717) is 18.1 Å². The molecule has 0 spiro atoms. The number of aromatic nitrogens is 2. The van der Waals surface area contributed by atoms with Crippen LogP contribution in [0.5, 0.6) is 0 Å². The molecule has 20 heavy (non-hydrogen) atoms. The highest BCUT2D eigenvalue weighted by Gasteiger charge is 2.10. The number of carbonyl (C=O) groups excluding carboxylic acids is 1. The smallest absolute Gasteiger partial charge is 0.275 e. The van der Waals surface area contributed by atoms with Gasteiger partial charge in [0.05, 0.1) is 17.4 Å². The van der Waals surface area contributed by atoms with Crippen LogP contribution in [0.4, 0.5) is 15.9 Å². The largest absolute Gasteiger partial charge is 0.369 e. The van der Waals surface area contributed by atoms with E-state index in [1.54, 1.807) is 0 Å². The second-order valence-electron chi connectivity index (χ2n) is 3.90. The predicted octanol–water partition coefficient (Wildman–Crippen LogP) is 2.95. The Bertz CT molecular complexity index is 636. The number of rotatable bonds is 4. The lowest BCUT2D eigenvalue weighted by molar-refractivity contribution is 0.102. The molecule has 0 aliphatic carbocycles.